The molecule has 3 aliphatic heterocycles. The zero-order valence-electron chi connectivity index (χ0n) is 20.2. The lowest BCUT2D eigenvalue weighted by molar-refractivity contribution is -0.135. The molecule has 0 saturated carbocycles. The first-order valence-electron chi connectivity index (χ1n) is 12.9. The largest absolute Gasteiger partial charge is 0.507 e. The van der Waals surface area contributed by atoms with Crippen molar-refractivity contribution in [2.75, 3.05) is 19.6 Å². The molecule has 6 nitrogen and oxygen atoms in total. The normalized spacial score (nSPS) is 28.9. The Morgan fingerprint density at radius 2 is 2.03 bits per heavy atom. The fourth-order valence-electron chi connectivity index (χ4n) is 7.37. The van der Waals surface area contributed by atoms with Crippen molar-refractivity contribution in [3.63, 3.8) is 0 Å². The van der Waals surface area contributed by atoms with Gasteiger partial charge < -0.3 is 14.4 Å². The van der Waals surface area contributed by atoms with Crippen LogP contribution >= 0.6 is 0 Å². The number of piperidine rings is 3. The van der Waals surface area contributed by atoms with Crippen LogP contribution in [-0.2, 0) is 11.2 Å². The van der Waals surface area contributed by atoms with Crippen molar-refractivity contribution in [2.45, 2.75) is 70.9 Å². The van der Waals surface area contributed by atoms with Crippen LogP contribution in [0.3, 0.4) is 0 Å². The van der Waals surface area contributed by atoms with Crippen LogP contribution in [0.5, 0.6) is 5.75 Å². The Labute approximate surface area is 200 Å². The number of carbonyl (C=O) groups is 1. The lowest BCUT2D eigenvalue weighted by Crippen LogP contribution is -2.60. The SMILES string of the molecule is Cc1cc(O)c2c(C)c(CC(=O)N3CCCC4=C[C@H]5C[C@@H](CN6CCCC[C@H]56)[C@@H]43)c(=O)oc2c1. The summed E-state index contributed by atoms with van der Waals surface area (Å²) >= 11 is 0. The number of carbonyl (C=O) groups excluding carboxylic acids is 1. The van der Waals surface area contributed by atoms with Gasteiger partial charge in [-0.15, -0.1) is 0 Å². The molecule has 4 atom stereocenters. The summed E-state index contributed by atoms with van der Waals surface area (Å²) in [7, 11) is 0. The Morgan fingerprint density at radius 1 is 1.18 bits per heavy atom. The molecule has 2 bridgehead atoms. The van der Waals surface area contributed by atoms with Crippen LogP contribution in [0.4, 0.5) is 0 Å². The predicted molar refractivity (Wildman–Crippen MR) is 131 cm³/mol. The molecule has 4 aliphatic rings. The van der Waals surface area contributed by atoms with E-state index in [2.05, 4.69) is 15.9 Å². The zero-order valence-corrected chi connectivity index (χ0v) is 20.2. The maximum absolute atomic E-state index is 13.7. The van der Waals surface area contributed by atoms with Crippen LogP contribution in [0, 0.1) is 25.7 Å². The number of hydrogen-bond acceptors (Lipinski definition) is 5. The molecule has 1 aromatic heterocycles. The molecule has 1 N–H and O–H groups in total. The van der Waals surface area contributed by atoms with Crippen molar-refractivity contribution in [2.24, 2.45) is 11.8 Å². The van der Waals surface area contributed by atoms with E-state index in [1.165, 1.54) is 37.8 Å². The van der Waals surface area contributed by atoms with Gasteiger partial charge in [0, 0.05) is 19.1 Å². The lowest BCUT2D eigenvalue weighted by atomic mass is 9.68. The van der Waals surface area contributed by atoms with E-state index >= 15 is 0 Å². The molecule has 4 heterocycles. The highest BCUT2D eigenvalue weighted by atomic mass is 16.4. The quantitative estimate of drug-likeness (QED) is 0.538. The van der Waals surface area contributed by atoms with E-state index < -0.39 is 5.63 Å². The number of aryl methyl sites for hydroxylation is 2. The van der Waals surface area contributed by atoms with Gasteiger partial charge in [0.05, 0.1) is 23.4 Å². The monoisotopic (exact) mass is 462 g/mol. The van der Waals surface area contributed by atoms with E-state index in [0.717, 1.165) is 31.5 Å². The molecular weight excluding hydrogens is 428 g/mol. The summed E-state index contributed by atoms with van der Waals surface area (Å²) in [4.78, 5) is 31.3. The van der Waals surface area contributed by atoms with Gasteiger partial charge in [-0.25, -0.2) is 4.79 Å². The topological polar surface area (TPSA) is 74.0 Å². The van der Waals surface area contributed by atoms with Gasteiger partial charge in [-0.2, -0.15) is 0 Å². The number of benzene rings is 1. The Bertz CT molecular complexity index is 1250. The number of hydrogen-bond donors (Lipinski definition) is 1. The Hall–Kier alpha value is -2.60. The van der Waals surface area contributed by atoms with Gasteiger partial charge in [0.2, 0.25) is 5.91 Å². The summed E-state index contributed by atoms with van der Waals surface area (Å²) in [5.41, 5.74) is 3.16. The van der Waals surface area contributed by atoms with Crippen LogP contribution in [0.25, 0.3) is 11.0 Å². The van der Waals surface area contributed by atoms with E-state index in [0.29, 0.717) is 40.0 Å². The molecule has 1 aliphatic carbocycles. The second kappa shape index (κ2) is 8.26. The average Bonchev–Trinajstić information content (AvgIpc) is 2.80. The third-order valence-corrected chi connectivity index (χ3v) is 8.81. The first-order chi connectivity index (χ1) is 16.4. The number of nitrogens with zero attached hydrogens (tertiary/aromatic N) is 2. The number of phenols is 1. The first-order valence-corrected chi connectivity index (χ1v) is 12.9. The molecule has 1 amide bonds. The molecule has 0 radical (unpaired) electrons. The average molecular weight is 463 g/mol. The summed E-state index contributed by atoms with van der Waals surface area (Å²) in [6, 6.07) is 4.26. The van der Waals surface area contributed by atoms with Gasteiger partial charge in [-0.3, -0.25) is 9.69 Å². The highest BCUT2D eigenvalue weighted by Gasteiger charge is 2.46. The molecule has 2 aromatic rings. The number of rotatable bonds is 2. The van der Waals surface area contributed by atoms with Crippen LogP contribution in [-0.4, -0.2) is 52.5 Å². The van der Waals surface area contributed by atoms with Gasteiger partial charge in [-0.1, -0.05) is 18.1 Å². The highest BCUT2D eigenvalue weighted by Crippen LogP contribution is 2.45. The van der Waals surface area contributed by atoms with E-state index in [1.54, 1.807) is 19.1 Å². The van der Waals surface area contributed by atoms with Crippen LogP contribution in [0.2, 0.25) is 0 Å². The molecule has 3 saturated heterocycles. The zero-order chi connectivity index (χ0) is 23.6. The predicted octanol–water partition coefficient (Wildman–Crippen LogP) is 4.08. The van der Waals surface area contributed by atoms with Gasteiger partial charge in [0.15, 0.2) is 0 Å². The summed E-state index contributed by atoms with van der Waals surface area (Å²) < 4.78 is 5.55. The molecule has 0 spiro atoms. The third-order valence-electron chi connectivity index (χ3n) is 8.81. The van der Waals surface area contributed by atoms with E-state index in [-0.39, 0.29) is 24.1 Å². The van der Waals surface area contributed by atoms with Crippen LogP contribution in [0.15, 0.2) is 33.0 Å². The van der Waals surface area contributed by atoms with E-state index in [1.807, 2.05) is 6.92 Å². The maximum Gasteiger partial charge on any atom is 0.340 e. The maximum atomic E-state index is 13.7. The van der Waals surface area contributed by atoms with Crippen molar-refractivity contribution in [3.8, 4) is 5.75 Å². The van der Waals surface area contributed by atoms with Crippen molar-refractivity contribution in [3.05, 3.63) is 50.9 Å². The van der Waals surface area contributed by atoms with Gasteiger partial charge >= 0.3 is 5.63 Å². The summed E-state index contributed by atoms with van der Waals surface area (Å²) in [6.45, 7) is 6.66. The molecule has 1 aromatic carbocycles. The Morgan fingerprint density at radius 3 is 2.88 bits per heavy atom. The Balaban J connectivity index is 1.31. The van der Waals surface area contributed by atoms with Crippen molar-refractivity contribution >= 4 is 16.9 Å². The number of likely N-dealkylation sites (tertiary alicyclic amines) is 1. The van der Waals surface area contributed by atoms with E-state index in [4.69, 9.17) is 4.42 Å². The van der Waals surface area contributed by atoms with E-state index in [9.17, 15) is 14.7 Å². The highest BCUT2D eigenvalue weighted by molar-refractivity contribution is 5.89. The summed E-state index contributed by atoms with van der Waals surface area (Å²) in [5.74, 6) is 1.19. The number of aromatic hydroxyl groups is 1. The number of fused-ring (bicyclic) bond motifs is 7. The lowest BCUT2D eigenvalue weighted by Gasteiger charge is -2.54. The van der Waals surface area contributed by atoms with Crippen molar-refractivity contribution in [1.29, 1.82) is 0 Å². The third kappa shape index (κ3) is 3.49. The molecule has 3 fully saturated rings. The fraction of sp³-hybridized carbons (Fsp3) is 0.571. The second-order valence-corrected chi connectivity index (χ2v) is 10.9. The standard InChI is InChI=1S/C28H34N2O4/c1-16-10-23(31)26-17(2)21(28(33)34-24(26)11-16)14-25(32)30-9-5-6-18-12-19-13-20(27(18)30)15-29-8-4-3-7-22(19)29/h10-12,19-20,22,27,31H,3-9,13-15H2,1-2H3/t19-,20-,22+,27+/m0/s1. The second-order valence-electron chi connectivity index (χ2n) is 10.9. The Kier molecular flexibility index (Phi) is 5.32. The van der Waals surface area contributed by atoms with Crippen molar-refractivity contribution in [1.82, 2.24) is 9.80 Å². The van der Waals surface area contributed by atoms with Crippen molar-refractivity contribution < 1.29 is 14.3 Å². The molecule has 6 rings (SSSR count). The van der Waals surface area contributed by atoms with Gasteiger partial charge in [0.25, 0.3) is 0 Å². The van der Waals surface area contributed by atoms with Crippen LogP contribution in [0.1, 0.15) is 55.2 Å². The molecular formula is C28H34N2O4. The molecule has 0 unspecified atom stereocenters. The van der Waals surface area contributed by atoms with Gasteiger partial charge in [-0.05, 0) is 87.6 Å². The number of amides is 1. The first kappa shape index (κ1) is 21.9. The summed E-state index contributed by atoms with van der Waals surface area (Å²) in [6.07, 6.45) is 9.68. The minimum atomic E-state index is -0.478. The number of phenolic OH excluding ortho intramolecular Hbond substituents is 1. The molecule has 6 heteroatoms. The molecule has 180 valence electrons. The minimum Gasteiger partial charge on any atom is -0.507 e. The van der Waals surface area contributed by atoms with Crippen LogP contribution < -0.4 is 5.63 Å². The molecule has 34 heavy (non-hydrogen) atoms. The minimum absolute atomic E-state index is 0.00355. The summed E-state index contributed by atoms with van der Waals surface area (Å²) in [5, 5.41) is 11.0. The fourth-order valence-corrected chi connectivity index (χ4v) is 7.37. The smallest absolute Gasteiger partial charge is 0.340 e. The van der Waals surface area contributed by atoms with Gasteiger partial charge in [0.1, 0.15) is 11.3 Å².